The van der Waals surface area contributed by atoms with Gasteiger partial charge in [0.1, 0.15) is 0 Å². The first-order valence-electron chi connectivity index (χ1n) is 8.09. The molecule has 6 heteroatoms. The zero-order valence-corrected chi connectivity index (χ0v) is 16.1. The highest BCUT2D eigenvalue weighted by atomic mass is 79.9. The summed E-state index contributed by atoms with van der Waals surface area (Å²) in [6, 6.07) is 14.3. The first-order chi connectivity index (χ1) is 11.8. The number of amides is 3. The molecule has 0 radical (unpaired) electrons. The Labute approximate surface area is 156 Å². The maximum atomic E-state index is 12.5. The topological polar surface area (TPSA) is 70.2 Å². The van der Waals surface area contributed by atoms with Crippen LogP contribution in [0.15, 0.2) is 53.0 Å². The molecule has 2 rings (SSSR count). The lowest BCUT2D eigenvalue weighted by molar-refractivity contribution is 0.0940. The third-order valence-corrected chi connectivity index (χ3v) is 3.99. The Morgan fingerprint density at radius 1 is 0.960 bits per heavy atom. The van der Waals surface area contributed by atoms with Crippen molar-refractivity contribution in [3.05, 3.63) is 64.1 Å². The minimum Gasteiger partial charge on any atom is -0.346 e. The molecule has 0 aliphatic heterocycles. The molecule has 2 aromatic carbocycles. The van der Waals surface area contributed by atoms with Crippen molar-refractivity contribution in [2.75, 3.05) is 5.32 Å². The van der Waals surface area contributed by atoms with Gasteiger partial charge in [0.25, 0.3) is 5.91 Å². The Bertz CT molecular complexity index is 762. The summed E-state index contributed by atoms with van der Waals surface area (Å²) in [6.07, 6.45) is 0. The van der Waals surface area contributed by atoms with Crippen LogP contribution in [0.5, 0.6) is 0 Å². The molecular formula is C19H22BrN3O2. The molecule has 5 nitrogen and oxygen atoms in total. The van der Waals surface area contributed by atoms with E-state index in [-0.39, 0.29) is 24.0 Å². The van der Waals surface area contributed by atoms with Gasteiger partial charge < -0.3 is 16.0 Å². The van der Waals surface area contributed by atoms with Gasteiger partial charge in [-0.1, -0.05) is 34.1 Å². The lowest BCUT2D eigenvalue weighted by atomic mass is 10.1. The molecule has 0 saturated heterocycles. The van der Waals surface area contributed by atoms with Gasteiger partial charge in [0.05, 0.1) is 6.04 Å². The number of nitrogens with one attached hydrogen (secondary N) is 3. The van der Waals surface area contributed by atoms with E-state index in [0.717, 1.165) is 10.0 Å². The number of rotatable bonds is 5. The molecule has 0 bridgehead atoms. The average Bonchev–Trinajstić information content (AvgIpc) is 2.54. The van der Waals surface area contributed by atoms with Crippen molar-refractivity contribution >= 4 is 33.6 Å². The van der Waals surface area contributed by atoms with Crippen LogP contribution in [0, 0.1) is 0 Å². The Morgan fingerprint density at radius 3 is 2.36 bits per heavy atom. The Balaban J connectivity index is 2.04. The molecule has 0 fully saturated rings. The van der Waals surface area contributed by atoms with E-state index < -0.39 is 0 Å². The smallest absolute Gasteiger partial charge is 0.319 e. The Kier molecular flexibility index (Phi) is 6.58. The molecule has 0 unspecified atom stereocenters. The van der Waals surface area contributed by atoms with Gasteiger partial charge in [0.15, 0.2) is 0 Å². The summed E-state index contributed by atoms with van der Waals surface area (Å²) in [7, 11) is 0. The van der Waals surface area contributed by atoms with Crippen LogP contribution in [-0.4, -0.2) is 18.0 Å². The van der Waals surface area contributed by atoms with E-state index in [9.17, 15) is 9.59 Å². The number of halogens is 1. The molecule has 132 valence electrons. The first kappa shape index (κ1) is 19.0. The summed E-state index contributed by atoms with van der Waals surface area (Å²) in [5.41, 5.74) is 2.07. The minimum absolute atomic E-state index is 0.0394. The van der Waals surface area contributed by atoms with E-state index in [1.165, 1.54) is 0 Å². The van der Waals surface area contributed by atoms with Gasteiger partial charge in [0, 0.05) is 21.8 Å². The highest BCUT2D eigenvalue weighted by Gasteiger charge is 2.13. The van der Waals surface area contributed by atoms with Gasteiger partial charge in [-0.3, -0.25) is 4.79 Å². The van der Waals surface area contributed by atoms with Gasteiger partial charge in [-0.2, -0.15) is 0 Å². The third-order valence-electron chi connectivity index (χ3n) is 3.50. The van der Waals surface area contributed by atoms with E-state index in [1.54, 1.807) is 24.3 Å². The number of hydrogen-bond acceptors (Lipinski definition) is 2. The van der Waals surface area contributed by atoms with Crippen LogP contribution in [0.25, 0.3) is 0 Å². The predicted octanol–water partition coefficient (Wildman–Crippen LogP) is 4.47. The molecule has 0 aliphatic carbocycles. The molecule has 0 aromatic heterocycles. The lowest BCUT2D eigenvalue weighted by Crippen LogP contribution is -2.34. The number of benzene rings is 2. The molecule has 3 amide bonds. The van der Waals surface area contributed by atoms with Crippen LogP contribution in [-0.2, 0) is 0 Å². The standard InChI is InChI=1S/C19H22BrN3O2/c1-12(2)21-19(25)23-17-9-5-7-15(11-17)18(24)22-13(3)14-6-4-8-16(20)10-14/h4-13H,1-3H3,(H,22,24)(H2,21,23,25)/t13-/m1/s1. The van der Waals surface area contributed by atoms with E-state index in [0.29, 0.717) is 11.3 Å². The average molecular weight is 404 g/mol. The summed E-state index contributed by atoms with van der Waals surface area (Å²) in [4.78, 5) is 24.2. The molecule has 0 aliphatic rings. The van der Waals surface area contributed by atoms with Gasteiger partial charge in [-0.05, 0) is 56.7 Å². The zero-order valence-electron chi connectivity index (χ0n) is 14.5. The monoisotopic (exact) mass is 403 g/mol. The zero-order chi connectivity index (χ0) is 18.4. The van der Waals surface area contributed by atoms with Gasteiger partial charge in [-0.25, -0.2) is 4.79 Å². The quantitative estimate of drug-likeness (QED) is 0.688. The van der Waals surface area contributed by atoms with Crippen molar-refractivity contribution in [2.24, 2.45) is 0 Å². The fourth-order valence-corrected chi connectivity index (χ4v) is 2.72. The first-order valence-corrected chi connectivity index (χ1v) is 8.88. The van der Waals surface area contributed by atoms with Crippen molar-refractivity contribution in [1.82, 2.24) is 10.6 Å². The lowest BCUT2D eigenvalue weighted by Gasteiger charge is -2.15. The van der Waals surface area contributed by atoms with Crippen LogP contribution in [0.2, 0.25) is 0 Å². The van der Waals surface area contributed by atoms with Crippen molar-refractivity contribution in [1.29, 1.82) is 0 Å². The molecule has 0 spiro atoms. The van der Waals surface area contributed by atoms with E-state index in [4.69, 9.17) is 0 Å². The minimum atomic E-state index is -0.296. The number of carbonyl (C=O) groups is 2. The van der Waals surface area contributed by atoms with Gasteiger partial charge in [-0.15, -0.1) is 0 Å². The van der Waals surface area contributed by atoms with Crippen molar-refractivity contribution in [3.63, 3.8) is 0 Å². The molecule has 25 heavy (non-hydrogen) atoms. The van der Waals surface area contributed by atoms with Crippen LogP contribution in [0.1, 0.15) is 42.7 Å². The Morgan fingerprint density at radius 2 is 1.68 bits per heavy atom. The number of anilines is 1. The molecule has 3 N–H and O–H groups in total. The van der Waals surface area contributed by atoms with E-state index in [1.807, 2.05) is 45.0 Å². The maximum Gasteiger partial charge on any atom is 0.319 e. The van der Waals surface area contributed by atoms with Crippen LogP contribution >= 0.6 is 15.9 Å². The summed E-state index contributed by atoms with van der Waals surface area (Å²) < 4.78 is 0.966. The second kappa shape index (κ2) is 8.67. The normalized spacial score (nSPS) is 11.7. The molecule has 0 saturated carbocycles. The number of hydrogen-bond donors (Lipinski definition) is 3. The second-order valence-electron chi connectivity index (χ2n) is 6.08. The Hall–Kier alpha value is -2.34. The SMILES string of the molecule is CC(C)NC(=O)Nc1cccc(C(=O)N[C@H](C)c2cccc(Br)c2)c1. The number of carbonyl (C=O) groups excluding carboxylic acids is 2. The van der Waals surface area contributed by atoms with Crippen LogP contribution in [0.3, 0.4) is 0 Å². The second-order valence-corrected chi connectivity index (χ2v) is 7.00. The summed E-state index contributed by atoms with van der Waals surface area (Å²) >= 11 is 3.43. The van der Waals surface area contributed by atoms with Crippen LogP contribution in [0.4, 0.5) is 10.5 Å². The molecular weight excluding hydrogens is 382 g/mol. The molecule has 0 heterocycles. The van der Waals surface area contributed by atoms with Gasteiger partial charge >= 0.3 is 6.03 Å². The third kappa shape index (κ3) is 5.90. The van der Waals surface area contributed by atoms with E-state index in [2.05, 4.69) is 31.9 Å². The van der Waals surface area contributed by atoms with Crippen molar-refractivity contribution < 1.29 is 9.59 Å². The fourth-order valence-electron chi connectivity index (χ4n) is 2.31. The highest BCUT2D eigenvalue weighted by molar-refractivity contribution is 9.10. The fraction of sp³-hybridized carbons (Fsp3) is 0.263. The van der Waals surface area contributed by atoms with Gasteiger partial charge in [0.2, 0.25) is 0 Å². The number of urea groups is 1. The largest absolute Gasteiger partial charge is 0.346 e. The predicted molar refractivity (Wildman–Crippen MR) is 104 cm³/mol. The van der Waals surface area contributed by atoms with E-state index >= 15 is 0 Å². The summed E-state index contributed by atoms with van der Waals surface area (Å²) in [6.45, 7) is 5.69. The summed E-state index contributed by atoms with van der Waals surface area (Å²) in [5.74, 6) is -0.194. The maximum absolute atomic E-state index is 12.5. The van der Waals surface area contributed by atoms with Crippen LogP contribution < -0.4 is 16.0 Å². The highest BCUT2D eigenvalue weighted by Crippen LogP contribution is 2.19. The van der Waals surface area contributed by atoms with Crippen molar-refractivity contribution in [2.45, 2.75) is 32.9 Å². The van der Waals surface area contributed by atoms with Crippen molar-refractivity contribution in [3.8, 4) is 0 Å². The molecule has 1 atom stereocenters. The molecule has 2 aromatic rings. The summed E-state index contributed by atoms with van der Waals surface area (Å²) in [5, 5.41) is 8.43.